The van der Waals surface area contributed by atoms with Crippen molar-refractivity contribution in [2.45, 2.75) is 20.0 Å². The highest BCUT2D eigenvalue weighted by Crippen LogP contribution is 2.33. The van der Waals surface area contributed by atoms with Crippen molar-refractivity contribution in [3.63, 3.8) is 0 Å². The van der Waals surface area contributed by atoms with Crippen LogP contribution in [0.25, 0.3) is 10.9 Å². The molecule has 156 valence electrons. The molecule has 2 aliphatic heterocycles. The molecule has 0 spiro atoms. The Labute approximate surface area is 174 Å². The van der Waals surface area contributed by atoms with Gasteiger partial charge in [0, 0.05) is 63.0 Å². The van der Waals surface area contributed by atoms with Crippen molar-refractivity contribution in [2.24, 2.45) is 0 Å². The Morgan fingerprint density at radius 2 is 1.97 bits per heavy atom. The number of amides is 1. The lowest BCUT2D eigenvalue weighted by Gasteiger charge is -2.29. The molecule has 3 aromatic rings. The smallest absolute Gasteiger partial charge is 0.258 e. The number of piperazine rings is 1. The lowest BCUT2D eigenvalue weighted by molar-refractivity contribution is 0.0748. The van der Waals surface area contributed by atoms with Crippen LogP contribution >= 0.6 is 0 Å². The average molecular weight is 406 g/mol. The first-order chi connectivity index (χ1) is 14.6. The first-order valence-corrected chi connectivity index (χ1v) is 10.5. The SMILES string of the molecule is CCNc1n[nH]c2cc(O)c(C(=O)N3Cc4ccc(N5CCNCC5)cc4C3)cc12. The molecule has 4 N–H and O–H groups in total. The zero-order valence-corrected chi connectivity index (χ0v) is 17.0. The number of anilines is 2. The van der Waals surface area contributed by atoms with E-state index in [1.165, 1.54) is 16.8 Å². The number of aromatic hydroxyl groups is 1. The number of phenols is 1. The predicted molar refractivity (Wildman–Crippen MR) is 117 cm³/mol. The molecule has 0 bridgehead atoms. The molecule has 30 heavy (non-hydrogen) atoms. The summed E-state index contributed by atoms with van der Waals surface area (Å²) in [5.74, 6) is 0.488. The lowest BCUT2D eigenvalue weighted by Crippen LogP contribution is -2.43. The second kappa shape index (κ2) is 7.53. The maximum absolute atomic E-state index is 13.3. The van der Waals surface area contributed by atoms with Crippen LogP contribution in [0.5, 0.6) is 5.75 Å². The molecule has 5 rings (SSSR count). The van der Waals surface area contributed by atoms with E-state index < -0.39 is 0 Å². The van der Waals surface area contributed by atoms with E-state index in [4.69, 9.17) is 0 Å². The van der Waals surface area contributed by atoms with Crippen LogP contribution < -0.4 is 15.5 Å². The van der Waals surface area contributed by atoms with Gasteiger partial charge in [-0.3, -0.25) is 9.89 Å². The Balaban J connectivity index is 1.40. The molecule has 0 radical (unpaired) electrons. The van der Waals surface area contributed by atoms with Crippen LogP contribution in [0.2, 0.25) is 0 Å². The quantitative estimate of drug-likeness (QED) is 0.531. The fraction of sp³-hybridized carbons (Fsp3) is 0.364. The summed E-state index contributed by atoms with van der Waals surface area (Å²) in [7, 11) is 0. The molecule has 8 heteroatoms. The van der Waals surface area contributed by atoms with Crippen molar-refractivity contribution in [3.05, 3.63) is 47.0 Å². The number of hydrogen-bond acceptors (Lipinski definition) is 6. The lowest BCUT2D eigenvalue weighted by atomic mass is 10.1. The molecular weight excluding hydrogens is 380 g/mol. The highest BCUT2D eigenvalue weighted by atomic mass is 16.3. The van der Waals surface area contributed by atoms with Gasteiger partial charge in [-0.15, -0.1) is 0 Å². The van der Waals surface area contributed by atoms with Crippen LogP contribution in [0, 0.1) is 0 Å². The Morgan fingerprint density at radius 3 is 2.77 bits per heavy atom. The van der Waals surface area contributed by atoms with E-state index in [-0.39, 0.29) is 11.7 Å². The highest BCUT2D eigenvalue weighted by Gasteiger charge is 2.27. The third kappa shape index (κ3) is 3.23. The first-order valence-electron chi connectivity index (χ1n) is 10.5. The maximum atomic E-state index is 13.3. The Hall–Kier alpha value is -3.26. The summed E-state index contributed by atoms with van der Waals surface area (Å²) in [5.41, 5.74) is 4.56. The first kappa shape index (κ1) is 18.7. The summed E-state index contributed by atoms with van der Waals surface area (Å²) in [5, 5.41) is 25.0. The minimum absolute atomic E-state index is 0.0309. The molecule has 1 saturated heterocycles. The van der Waals surface area contributed by atoms with E-state index in [9.17, 15) is 9.90 Å². The third-order valence-corrected chi connectivity index (χ3v) is 5.94. The Morgan fingerprint density at radius 1 is 1.17 bits per heavy atom. The zero-order chi connectivity index (χ0) is 20.7. The van der Waals surface area contributed by atoms with Gasteiger partial charge in [0.05, 0.1) is 11.1 Å². The molecule has 1 fully saturated rings. The number of carbonyl (C=O) groups excluding carboxylic acids is 1. The maximum Gasteiger partial charge on any atom is 0.258 e. The van der Waals surface area contributed by atoms with E-state index in [2.05, 4.69) is 43.9 Å². The van der Waals surface area contributed by atoms with E-state index >= 15 is 0 Å². The van der Waals surface area contributed by atoms with Crippen molar-refractivity contribution < 1.29 is 9.90 Å². The molecule has 3 heterocycles. The van der Waals surface area contributed by atoms with Gasteiger partial charge in [0.2, 0.25) is 0 Å². The molecule has 8 nitrogen and oxygen atoms in total. The predicted octanol–water partition coefficient (Wildman–Crippen LogP) is 2.27. The summed E-state index contributed by atoms with van der Waals surface area (Å²) in [6.45, 7) is 7.79. The Kier molecular flexibility index (Phi) is 4.71. The van der Waals surface area contributed by atoms with Crippen molar-refractivity contribution in [1.29, 1.82) is 0 Å². The van der Waals surface area contributed by atoms with Crippen molar-refractivity contribution in [1.82, 2.24) is 20.4 Å². The van der Waals surface area contributed by atoms with Gasteiger partial charge in [-0.2, -0.15) is 5.10 Å². The summed E-state index contributed by atoms with van der Waals surface area (Å²) in [6.07, 6.45) is 0. The van der Waals surface area contributed by atoms with Gasteiger partial charge in [0.1, 0.15) is 5.75 Å². The number of H-pyrrole nitrogens is 1. The van der Waals surface area contributed by atoms with Crippen LogP contribution in [0.4, 0.5) is 11.5 Å². The van der Waals surface area contributed by atoms with Gasteiger partial charge in [0.15, 0.2) is 5.82 Å². The third-order valence-electron chi connectivity index (χ3n) is 5.94. The van der Waals surface area contributed by atoms with Gasteiger partial charge in [-0.25, -0.2) is 0 Å². The zero-order valence-electron chi connectivity index (χ0n) is 17.0. The Bertz CT molecular complexity index is 1100. The van der Waals surface area contributed by atoms with Gasteiger partial charge in [0.25, 0.3) is 5.91 Å². The number of benzene rings is 2. The highest BCUT2D eigenvalue weighted by molar-refractivity contribution is 6.03. The minimum Gasteiger partial charge on any atom is -0.507 e. The molecule has 2 aliphatic rings. The number of carbonyl (C=O) groups is 1. The number of rotatable bonds is 4. The van der Waals surface area contributed by atoms with E-state index in [1.807, 2.05) is 6.92 Å². The molecule has 1 amide bonds. The molecule has 0 aliphatic carbocycles. The number of fused-ring (bicyclic) bond motifs is 2. The standard InChI is InChI=1S/C22H26N6O2/c1-2-24-21-17-10-18(20(29)11-19(17)25-26-21)22(30)28-12-14-3-4-16(9-15(14)13-28)27-7-5-23-6-8-27/h3-4,9-11,23,29H,2,5-8,12-13H2,1H3,(H2,24,25,26). The van der Waals surface area contributed by atoms with Crippen LogP contribution in [-0.4, -0.2) is 58.8 Å². The van der Waals surface area contributed by atoms with E-state index in [1.54, 1.807) is 17.0 Å². The van der Waals surface area contributed by atoms with Crippen molar-refractivity contribution >= 4 is 28.3 Å². The second-order valence-electron chi connectivity index (χ2n) is 7.87. The molecule has 0 unspecified atom stereocenters. The second-order valence-corrected chi connectivity index (χ2v) is 7.87. The topological polar surface area (TPSA) is 96.5 Å². The average Bonchev–Trinajstić information content (AvgIpc) is 3.37. The summed E-state index contributed by atoms with van der Waals surface area (Å²) in [4.78, 5) is 17.4. The normalized spacial score (nSPS) is 16.2. The fourth-order valence-corrected chi connectivity index (χ4v) is 4.34. The van der Waals surface area contributed by atoms with Gasteiger partial charge in [-0.1, -0.05) is 6.07 Å². The molecule has 0 atom stereocenters. The van der Waals surface area contributed by atoms with Gasteiger partial charge in [-0.05, 0) is 36.2 Å². The molecule has 1 aromatic heterocycles. The summed E-state index contributed by atoms with van der Waals surface area (Å²) >= 11 is 0. The molecule has 2 aromatic carbocycles. The van der Waals surface area contributed by atoms with Crippen molar-refractivity contribution in [2.75, 3.05) is 42.9 Å². The number of hydrogen-bond donors (Lipinski definition) is 4. The largest absolute Gasteiger partial charge is 0.507 e. The number of nitrogens with zero attached hydrogens (tertiary/aromatic N) is 3. The fourth-order valence-electron chi connectivity index (χ4n) is 4.34. The minimum atomic E-state index is -0.169. The number of nitrogens with one attached hydrogen (secondary N) is 3. The summed E-state index contributed by atoms with van der Waals surface area (Å²) < 4.78 is 0. The number of phenolic OH excluding ortho intramolecular Hbond substituents is 1. The number of aromatic nitrogens is 2. The van der Waals surface area contributed by atoms with Crippen LogP contribution in [0.1, 0.15) is 28.4 Å². The van der Waals surface area contributed by atoms with Gasteiger partial charge < -0.3 is 25.5 Å². The van der Waals surface area contributed by atoms with Crippen LogP contribution in [-0.2, 0) is 13.1 Å². The summed E-state index contributed by atoms with van der Waals surface area (Å²) in [6, 6.07) is 9.78. The molecule has 0 saturated carbocycles. The van der Waals surface area contributed by atoms with Crippen LogP contribution in [0.3, 0.4) is 0 Å². The van der Waals surface area contributed by atoms with E-state index in [0.29, 0.717) is 30.0 Å². The van der Waals surface area contributed by atoms with E-state index in [0.717, 1.165) is 38.1 Å². The van der Waals surface area contributed by atoms with Crippen molar-refractivity contribution in [3.8, 4) is 5.75 Å². The van der Waals surface area contributed by atoms with Gasteiger partial charge >= 0.3 is 0 Å². The molecular formula is C22H26N6O2. The number of aromatic amines is 1. The van der Waals surface area contributed by atoms with Crippen LogP contribution in [0.15, 0.2) is 30.3 Å². The monoisotopic (exact) mass is 406 g/mol.